The molecule has 0 saturated carbocycles. The van der Waals surface area contributed by atoms with Crippen LogP contribution in [0.3, 0.4) is 0 Å². The van der Waals surface area contributed by atoms with E-state index < -0.39 is 0 Å². The zero-order valence-electron chi connectivity index (χ0n) is 16.0. The molecule has 0 amide bonds. The van der Waals surface area contributed by atoms with Crippen LogP contribution in [0.2, 0.25) is 0 Å². The van der Waals surface area contributed by atoms with Gasteiger partial charge in [0, 0.05) is 50.2 Å². The Morgan fingerprint density at radius 3 is 2.13 bits per heavy atom. The first-order chi connectivity index (χ1) is 10.5. The molecule has 3 saturated heterocycles. The smallest absolute Gasteiger partial charge is 0.0673 e. The minimum absolute atomic E-state index is 0.330. The lowest BCUT2D eigenvalue weighted by molar-refractivity contribution is -0.149. The second-order valence-corrected chi connectivity index (χ2v) is 12.9. The highest BCUT2D eigenvalue weighted by molar-refractivity contribution is 14.1. The number of nitrogens with zero attached hydrogens (tertiary/aromatic N) is 3. The average molecular weight is 433 g/mol. The molecule has 0 aromatic heterocycles. The van der Waals surface area contributed by atoms with E-state index in [4.69, 9.17) is 0 Å². The number of piperidine rings is 1. The van der Waals surface area contributed by atoms with Gasteiger partial charge in [0.05, 0.1) is 3.55 Å². The number of likely N-dealkylation sites (tertiary alicyclic amines) is 3. The second kappa shape index (κ2) is 6.10. The van der Waals surface area contributed by atoms with E-state index in [1.807, 2.05) is 0 Å². The van der Waals surface area contributed by atoms with E-state index in [0.717, 1.165) is 12.1 Å². The Kier molecular flexibility index (Phi) is 4.88. The molecule has 3 aliphatic heterocycles. The molecule has 0 bridgehead atoms. The van der Waals surface area contributed by atoms with Crippen molar-refractivity contribution in [1.82, 2.24) is 14.7 Å². The lowest BCUT2D eigenvalue weighted by Crippen LogP contribution is -2.76. The third kappa shape index (κ3) is 4.06. The Hall–Kier alpha value is 0.610. The van der Waals surface area contributed by atoms with Gasteiger partial charge in [-0.1, -0.05) is 43.4 Å². The molecular formula is C19H36IN3. The van der Waals surface area contributed by atoms with Gasteiger partial charge in [0.1, 0.15) is 0 Å². The predicted molar refractivity (Wildman–Crippen MR) is 107 cm³/mol. The van der Waals surface area contributed by atoms with Gasteiger partial charge in [-0.3, -0.25) is 9.80 Å². The van der Waals surface area contributed by atoms with Gasteiger partial charge in [-0.2, -0.15) is 0 Å². The highest BCUT2D eigenvalue weighted by Gasteiger charge is 2.55. The normalized spacial score (nSPS) is 33.5. The monoisotopic (exact) mass is 433 g/mol. The summed E-state index contributed by atoms with van der Waals surface area (Å²) in [5.41, 5.74) is 1.07. The van der Waals surface area contributed by atoms with Crippen molar-refractivity contribution in [2.75, 3.05) is 39.3 Å². The summed E-state index contributed by atoms with van der Waals surface area (Å²) in [6, 6.07) is 1.59. The number of rotatable bonds is 3. The lowest BCUT2D eigenvalue weighted by Gasteiger charge is -2.65. The van der Waals surface area contributed by atoms with Crippen LogP contribution in [0.4, 0.5) is 0 Å². The van der Waals surface area contributed by atoms with Crippen LogP contribution >= 0.6 is 22.6 Å². The maximum absolute atomic E-state index is 2.79. The summed E-state index contributed by atoms with van der Waals surface area (Å²) in [7, 11) is 0. The molecule has 3 heterocycles. The Labute approximate surface area is 157 Å². The fourth-order valence-electron chi connectivity index (χ4n) is 4.78. The quantitative estimate of drug-likeness (QED) is 0.382. The van der Waals surface area contributed by atoms with Crippen molar-refractivity contribution < 1.29 is 0 Å². The van der Waals surface area contributed by atoms with Gasteiger partial charge in [0.2, 0.25) is 0 Å². The lowest BCUT2D eigenvalue weighted by atomic mass is 9.71. The van der Waals surface area contributed by atoms with Crippen molar-refractivity contribution >= 4 is 22.6 Å². The van der Waals surface area contributed by atoms with E-state index in [1.54, 1.807) is 0 Å². The molecule has 1 unspecified atom stereocenters. The first-order valence-electron chi connectivity index (χ1n) is 9.40. The number of hydrogen-bond acceptors (Lipinski definition) is 3. The molecule has 0 aromatic carbocycles. The Bertz CT molecular complexity index is 423. The van der Waals surface area contributed by atoms with Crippen molar-refractivity contribution in [3.8, 4) is 0 Å². The minimum atomic E-state index is 0.330. The first kappa shape index (κ1) is 18.4. The first-order valence-corrected chi connectivity index (χ1v) is 10.5. The van der Waals surface area contributed by atoms with Crippen LogP contribution in [0.1, 0.15) is 54.4 Å². The van der Waals surface area contributed by atoms with Crippen LogP contribution in [0.15, 0.2) is 0 Å². The summed E-state index contributed by atoms with van der Waals surface area (Å²) >= 11 is 2.58. The molecule has 0 radical (unpaired) electrons. The van der Waals surface area contributed by atoms with Gasteiger partial charge < -0.3 is 4.90 Å². The summed E-state index contributed by atoms with van der Waals surface area (Å²) < 4.78 is 0.330. The molecule has 0 N–H and O–H groups in total. The van der Waals surface area contributed by atoms with E-state index in [1.165, 1.54) is 52.1 Å². The minimum Gasteiger partial charge on any atom is -0.300 e. The zero-order chi connectivity index (χ0) is 17.0. The van der Waals surface area contributed by atoms with Gasteiger partial charge >= 0.3 is 0 Å². The van der Waals surface area contributed by atoms with E-state index in [0.29, 0.717) is 14.4 Å². The zero-order valence-corrected chi connectivity index (χ0v) is 18.2. The van der Waals surface area contributed by atoms with E-state index in [9.17, 15) is 0 Å². The topological polar surface area (TPSA) is 9.72 Å². The molecule has 2 atom stereocenters. The molecule has 134 valence electrons. The molecule has 1 spiro atoms. The fraction of sp³-hybridized carbons (Fsp3) is 1.00. The molecule has 23 heavy (non-hydrogen) atoms. The van der Waals surface area contributed by atoms with Crippen LogP contribution < -0.4 is 0 Å². The van der Waals surface area contributed by atoms with Crippen molar-refractivity contribution in [2.24, 2.45) is 10.8 Å². The summed E-state index contributed by atoms with van der Waals surface area (Å²) in [6.07, 6.45) is 2.74. The number of halogens is 1. The van der Waals surface area contributed by atoms with Gasteiger partial charge in [-0.15, -0.1) is 0 Å². The molecule has 3 nitrogen and oxygen atoms in total. The Balaban J connectivity index is 1.44. The summed E-state index contributed by atoms with van der Waals surface area (Å²) in [5.74, 6) is 0. The second-order valence-electron chi connectivity index (χ2n) is 10.2. The predicted octanol–water partition coefficient (Wildman–Crippen LogP) is 3.67. The molecular weight excluding hydrogens is 397 g/mol. The van der Waals surface area contributed by atoms with Crippen LogP contribution in [0.25, 0.3) is 0 Å². The molecule has 0 aromatic rings. The molecule has 3 fully saturated rings. The van der Waals surface area contributed by atoms with E-state index in [2.05, 4.69) is 78.8 Å². The highest BCUT2D eigenvalue weighted by atomic mass is 127. The molecule has 3 rings (SSSR count). The van der Waals surface area contributed by atoms with Gasteiger partial charge in [-0.05, 0) is 45.6 Å². The standard InChI is InChI=1S/C19H36IN3/c1-15-9-16(7-8-21(15)10-17(2,3)4)22-11-19(12-22)13-23(14-19)18(5,6)20/h15-16H,7-14H2,1-6H3/t15-,16?/m1/s1. The molecule has 0 aliphatic carbocycles. The van der Waals surface area contributed by atoms with Crippen LogP contribution in [0.5, 0.6) is 0 Å². The Morgan fingerprint density at radius 2 is 1.65 bits per heavy atom. The fourth-order valence-corrected chi connectivity index (χ4v) is 5.13. The molecule has 3 aliphatic rings. The summed E-state index contributed by atoms with van der Waals surface area (Å²) in [6.45, 7) is 22.1. The van der Waals surface area contributed by atoms with E-state index in [-0.39, 0.29) is 0 Å². The molecule has 4 heteroatoms. The van der Waals surface area contributed by atoms with Crippen LogP contribution in [0, 0.1) is 10.8 Å². The van der Waals surface area contributed by atoms with Crippen molar-refractivity contribution in [2.45, 2.75) is 70.0 Å². The summed E-state index contributed by atoms with van der Waals surface area (Å²) in [4.78, 5) is 8.15. The maximum Gasteiger partial charge on any atom is 0.0673 e. The number of alkyl halides is 1. The maximum atomic E-state index is 2.79. The van der Waals surface area contributed by atoms with Crippen LogP contribution in [-0.2, 0) is 0 Å². The highest BCUT2D eigenvalue weighted by Crippen LogP contribution is 2.46. The van der Waals surface area contributed by atoms with Crippen molar-refractivity contribution in [1.29, 1.82) is 0 Å². The largest absolute Gasteiger partial charge is 0.300 e. The summed E-state index contributed by atoms with van der Waals surface area (Å²) in [5, 5.41) is 0. The Morgan fingerprint density at radius 1 is 1.04 bits per heavy atom. The SMILES string of the molecule is C[C@@H]1CC(N2CC3(C2)CN(C(C)(C)I)C3)CCN1CC(C)(C)C. The van der Waals surface area contributed by atoms with E-state index >= 15 is 0 Å². The number of hydrogen-bond donors (Lipinski definition) is 0. The third-order valence-corrected chi connectivity index (χ3v) is 6.74. The average Bonchev–Trinajstić information content (AvgIpc) is 2.25. The van der Waals surface area contributed by atoms with Crippen LogP contribution in [-0.4, -0.2) is 69.6 Å². The van der Waals surface area contributed by atoms with Crippen molar-refractivity contribution in [3.05, 3.63) is 0 Å². The third-order valence-electron chi connectivity index (χ3n) is 6.06. The van der Waals surface area contributed by atoms with Crippen molar-refractivity contribution in [3.63, 3.8) is 0 Å². The van der Waals surface area contributed by atoms with Gasteiger partial charge in [0.15, 0.2) is 0 Å². The van der Waals surface area contributed by atoms with Gasteiger partial charge in [-0.25, -0.2) is 0 Å². The van der Waals surface area contributed by atoms with Gasteiger partial charge in [0.25, 0.3) is 0 Å².